The Morgan fingerprint density at radius 2 is 1.67 bits per heavy atom. The lowest BCUT2D eigenvalue weighted by Crippen LogP contribution is -2.64. The van der Waals surface area contributed by atoms with Gasteiger partial charge in [-0.2, -0.15) is 0 Å². The lowest BCUT2D eigenvalue weighted by atomic mass is 9.81. The van der Waals surface area contributed by atoms with Gasteiger partial charge in [0.25, 0.3) is 11.7 Å². The Bertz CT molecular complexity index is 1540. The first-order valence-electron chi connectivity index (χ1n) is 22.1. The van der Waals surface area contributed by atoms with Crippen LogP contribution in [0.1, 0.15) is 121 Å². The van der Waals surface area contributed by atoms with Crippen molar-refractivity contribution in [2.75, 3.05) is 27.9 Å². The van der Waals surface area contributed by atoms with Crippen LogP contribution in [0.3, 0.4) is 0 Å². The monoisotopic (exact) mass is 808 g/mol. The number of methoxy groups -OCH3 is 3. The van der Waals surface area contributed by atoms with E-state index in [0.29, 0.717) is 37.7 Å². The van der Waals surface area contributed by atoms with Gasteiger partial charge in [0, 0.05) is 53.4 Å². The van der Waals surface area contributed by atoms with Gasteiger partial charge < -0.3 is 43.9 Å². The minimum atomic E-state index is -2.54. The molecule has 15 atom stereocenters. The number of aliphatic hydroxyl groups is 3. The maximum atomic E-state index is 14.4. The number of ketones is 2. The first-order chi connectivity index (χ1) is 27.7. The predicted molar refractivity (Wildman–Crippen MR) is 213 cm³/mol. The van der Waals surface area contributed by atoms with E-state index in [9.17, 15) is 34.5 Å². The lowest BCUT2D eigenvalue weighted by molar-refractivity contribution is -0.302. The van der Waals surface area contributed by atoms with E-state index in [-0.39, 0.29) is 50.4 Å². The topological polar surface area (TPSA) is 178 Å². The second-order valence-corrected chi connectivity index (χ2v) is 17.2. The van der Waals surface area contributed by atoms with E-state index in [0.717, 1.165) is 16.9 Å². The Kier molecular flexibility index (Phi) is 16.3. The molecule has 0 unspecified atom stereocenters. The fourth-order valence-corrected chi connectivity index (χ4v) is 9.27. The van der Waals surface area contributed by atoms with Gasteiger partial charge in [0.05, 0.1) is 31.9 Å². The summed E-state index contributed by atoms with van der Waals surface area (Å²) in [5.74, 6) is -8.45. The van der Waals surface area contributed by atoms with E-state index in [4.69, 9.17) is 26.4 Å². The number of hydrogen-bond donors (Lipinski definition) is 3. The number of carbonyl (C=O) groups excluding carboxylic acids is 4. The third kappa shape index (κ3) is 11.4. The molecule has 3 fully saturated rings. The number of hydrogen-bond acceptors (Lipinski definition) is 12. The van der Waals surface area contributed by atoms with E-state index in [2.05, 4.69) is 0 Å². The van der Waals surface area contributed by atoms with Crippen LogP contribution >= 0.6 is 0 Å². The molecular formula is C44H71NO12. The van der Waals surface area contributed by atoms with Crippen LogP contribution in [-0.4, -0.2) is 126 Å². The maximum absolute atomic E-state index is 14.4. The van der Waals surface area contributed by atoms with Crippen LogP contribution in [0.5, 0.6) is 0 Å². The van der Waals surface area contributed by atoms with Crippen molar-refractivity contribution >= 4 is 23.4 Å². The van der Waals surface area contributed by atoms with Gasteiger partial charge in [-0.15, -0.1) is 0 Å². The number of ether oxygens (including phenoxy) is 5. The fraction of sp³-hybridized carbons (Fsp3) is 0.818. The van der Waals surface area contributed by atoms with Gasteiger partial charge in [-0.05, 0) is 95.4 Å². The molecule has 13 heteroatoms. The average Bonchev–Trinajstić information content (AvgIpc) is 3.18. The number of aliphatic hydroxyl groups excluding tert-OH is 1. The average molecular weight is 808 g/mol. The molecule has 0 aromatic carbocycles. The summed E-state index contributed by atoms with van der Waals surface area (Å²) in [5, 5.41) is 34.4. The van der Waals surface area contributed by atoms with E-state index < -0.39 is 102 Å². The third-order valence-corrected chi connectivity index (χ3v) is 12.7. The van der Waals surface area contributed by atoms with Crippen LogP contribution in [0.15, 0.2) is 23.3 Å². The quantitative estimate of drug-likeness (QED) is 0.181. The Hall–Kier alpha value is -2.52. The summed E-state index contributed by atoms with van der Waals surface area (Å²) in [5.41, 5.74) is 1.45. The third-order valence-electron chi connectivity index (χ3n) is 12.7. The van der Waals surface area contributed by atoms with Crippen molar-refractivity contribution in [3.05, 3.63) is 23.3 Å². The molecule has 57 heavy (non-hydrogen) atoms. The van der Waals surface area contributed by atoms with E-state index in [1.165, 1.54) is 21.3 Å². The Morgan fingerprint density at radius 1 is 1.00 bits per heavy atom. The molecule has 1 saturated carbocycles. The molecule has 3 aliphatic heterocycles. The van der Waals surface area contributed by atoms with E-state index in [1.807, 2.05) is 26.8 Å². The molecule has 0 radical (unpaired) electrons. The zero-order chi connectivity index (χ0) is 44.0. The zero-order valence-electron chi connectivity index (χ0n) is 37.6. The second kappa shape index (κ2) is 21.1. The van der Waals surface area contributed by atoms with Crippen LogP contribution in [0.25, 0.3) is 0 Å². The summed E-state index contributed by atoms with van der Waals surface area (Å²) >= 11 is 0. The van der Waals surface area contributed by atoms with Crippen LogP contribution in [-0.2, 0) is 42.9 Å². The number of fused-ring (bicyclic) bond motifs is 3. The second-order valence-electron chi connectivity index (χ2n) is 17.2. The molecule has 324 valence electrons. The SMILES string of the molecule is [2H][C@H]1C[C@@]([2H])(O)[C@H](OC)C[C@@H]1/C=C(\C)[C@H]1OC(=O)[C@@H]2CCCCN2C(=O)C(=O)[C@]2(O)O[C@H]([C@@H](OC)C[C@@H](C)C/C(C)=C/[C@@H](CCC)C(=O)C[C@H](O)[C@H]1C)[C@@H](OC)C[C@H]2C. The summed E-state index contributed by atoms with van der Waals surface area (Å²) in [6, 6.07) is -1.20. The predicted octanol–water partition coefficient (Wildman–Crippen LogP) is 4.86. The largest absolute Gasteiger partial charge is 0.456 e. The highest BCUT2D eigenvalue weighted by Crippen LogP contribution is 2.39. The minimum absolute atomic E-state index is 0.00790. The van der Waals surface area contributed by atoms with Gasteiger partial charge >= 0.3 is 5.97 Å². The number of allylic oxidation sites excluding steroid dienone is 3. The lowest BCUT2D eigenvalue weighted by Gasteiger charge is -2.47. The minimum Gasteiger partial charge on any atom is -0.456 e. The van der Waals surface area contributed by atoms with Crippen molar-refractivity contribution in [3.8, 4) is 0 Å². The summed E-state index contributed by atoms with van der Waals surface area (Å²) < 4.78 is 46.6. The van der Waals surface area contributed by atoms with Gasteiger partial charge in [0.15, 0.2) is 0 Å². The Balaban J connectivity index is 1.79. The molecule has 1 amide bonds. The van der Waals surface area contributed by atoms with Crippen molar-refractivity contribution in [2.24, 2.45) is 29.6 Å². The number of nitrogens with zero attached hydrogens (tertiary/aromatic N) is 1. The summed E-state index contributed by atoms with van der Waals surface area (Å²) in [6.07, 6.45) is -0.952. The number of esters is 1. The number of carbonyl (C=O) groups is 4. The highest BCUT2D eigenvalue weighted by Gasteiger charge is 2.56. The van der Waals surface area contributed by atoms with Crippen LogP contribution in [0.4, 0.5) is 0 Å². The van der Waals surface area contributed by atoms with Crippen LogP contribution in [0.2, 0.25) is 0 Å². The highest BCUT2D eigenvalue weighted by atomic mass is 16.7. The number of rotatable bonds is 7. The van der Waals surface area contributed by atoms with Gasteiger partial charge in [0.1, 0.15) is 24.0 Å². The molecular weight excluding hydrogens is 734 g/mol. The van der Waals surface area contributed by atoms with Crippen molar-refractivity contribution in [1.29, 1.82) is 0 Å². The molecule has 0 aromatic heterocycles. The van der Waals surface area contributed by atoms with Gasteiger partial charge in [-0.25, -0.2) is 4.79 Å². The number of Topliss-reactive ketones (excluding diaryl/α,β-unsaturated/α-hetero) is 2. The molecule has 13 nitrogen and oxygen atoms in total. The van der Waals surface area contributed by atoms with Crippen molar-refractivity contribution in [2.45, 2.75) is 173 Å². The molecule has 1 aliphatic carbocycles. The van der Waals surface area contributed by atoms with Crippen LogP contribution in [0, 0.1) is 29.6 Å². The molecule has 2 bridgehead atoms. The van der Waals surface area contributed by atoms with E-state index >= 15 is 0 Å². The Morgan fingerprint density at radius 3 is 2.32 bits per heavy atom. The van der Waals surface area contributed by atoms with Crippen molar-refractivity contribution < 1.29 is 60.9 Å². The Labute approximate surface area is 342 Å². The first kappa shape index (κ1) is 44.0. The molecule has 4 rings (SSSR count). The van der Waals surface area contributed by atoms with E-state index in [1.54, 1.807) is 26.8 Å². The summed E-state index contributed by atoms with van der Waals surface area (Å²) in [6.45, 7) is 11.0. The summed E-state index contributed by atoms with van der Waals surface area (Å²) in [7, 11) is 4.43. The van der Waals surface area contributed by atoms with Crippen molar-refractivity contribution in [3.63, 3.8) is 0 Å². The fourth-order valence-electron chi connectivity index (χ4n) is 9.27. The molecule has 4 aliphatic rings. The summed E-state index contributed by atoms with van der Waals surface area (Å²) in [4.78, 5) is 58.0. The van der Waals surface area contributed by atoms with Crippen molar-refractivity contribution in [1.82, 2.24) is 4.90 Å². The normalized spacial score (nSPS) is 44.1. The standard InChI is InChI=1S/C44H71NO12/c1-10-13-31-19-25(2)18-26(3)20-37(54-8)40-38(55-9)22-28(5)44(52,57-40)41(49)42(50)45-17-12-11-14-32(45)43(51)56-39(29(6)34(47)24-35(31)48)27(4)21-30-15-16-33(46)36(23-30)53-7/h19,21,26,28-34,36-40,46-47,52H,10-18,20,22-24H2,1-9H3/b25-19+,27-21+/t26-,28+,29+,30-,31+,32-,33+,34-,36+,37-,38-,39+,40+,44+/m0/s1/i15D,33D/t15-,26-,28+,29+,30-,31+,32-,33+,34-,36+,37-,38-,39+,40+,44+. The zero-order valence-corrected chi connectivity index (χ0v) is 35.6. The molecule has 3 heterocycles. The highest BCUT2D eigenvalue weighted by molar-refractivity contribution is 6.39. The number of piperidine rings is 1. The molecule has 0 aromatic rings. The number of cyclic esters (lactones) is 1. The van der Waals surface area contributed by atoms with Crippen LogP contribution < -0.4 is 0 Å². The molecule has 2 saturated heterocycles. The molecule has 0 spiro atoms. The molecule has 3 N–H and O–H groups in total. The van der Waals surface area contributed by atoms with Gasteiger partial charge in [-0.3, -0.25) is 14.4 Å². The van der Waals surface area contributed by atoms with Gasteiger partial charge in [-0.1, -0.05) is 51.8 Å². The van der Waals surface area contributed by atoms with Gasteiger partial charge in [0.2, 0.25) is 5.79 Å². The number of amides is 1. The smallest absolute Gasteiger partial charge is 0.329 e. The first-order valence-corrected chi connectivity index (χ1v) is 21.0. The maximum Gasteiger partial charge on any atom is 0.329 e.